The monoisotopic (exact) mass is 427 g/mol. The van der Waals surface area contributed by atoms with Crippen LogP contribution in [0.15, 0.2) is 97.3 Å². The molecule has 3 heteroatoms. The van der Waals surface area contributed by atoms with Crippen molar-refractivity contribution in [2.45, 2.75) is 20.8 Å². The number of benzene rings is 4. The van der Waals surface area contributed by atoms with Crippen molar-refractivity contribution < 1.29 is 0 Å². The molecule has 0 saturated heterocycles. The lowest BCUT2D eigenvalue weighted by molar-refractivity contribution is 1.03. The zero-order chi connectivity index (χ0) is 22.5. The second-order valence-corrected chi connectivity index (χ2v) is 8.76. The normalized spacial score (nSPS) is 11.5. The van der Waals surface area contributed by atoms with E-state index in [1.807, 2.05) is 6.20 Å². The molecule has 0 bridgehead atoms. The van der Waals surface area contributed by atoms with Gasteiger partial charge in [-0.25, -0.2) is 4.98 Å². The van der Waals surface area contributed by atoms with E-state index in [1.165, 1.54) is 44.2 Å². The van der Waals surface area contributed by atoms with E-state index in [2.05, 4.69) is 121 Å². The van der Waals surface area contributed by atoms with E-state index in [9.17, 15) is 0 Å². The van der Waals surface area contributed by atoms with Gasteiger partial charge in [-0.1, -0.05) is 66.2 Å². The number of rotatable bonds is 3. The number of aryl methyl sites for hydroxylation is 3. The minimum absolute atomic E-state index is 0.964. The number of hydrogen-bond donors (Lipinski definition) is 0. The summed E-state index contributed by atoms with van der Waals surface area (Å²) in [5, 5.41) is 2.46. The summed E-state index contributed by atoms with van der Waals surface area (Å²) in [6.07, 6.45) is 3.98. The van der Waals surface area contributed by atoms with Gasteiger partial charge in [0.2, 0.25) is 0 Å². The second kappa shape index (κ2) is 7.49. The van der Waals surface area contributed by atoms with Crippen LogP contribution in [-0.4, -0.2) is 14.1 Å². The number of hydrogen-bond acceptors (Lipinski definition) is 1. The molecule has 0 atom stereocenters. The van der Waals surface area contributed by atoms with Gasteiger partial charge >= 0.3 is 0 Å². The first kappa shape index (κ1) is 19.6. The van der Waals surface area contributed by atoms with Crippen LogP contribution in [0, 0.1) is 20.8 Å². The Balaban J connectivity index is 1.69. The summed E-state index contributed by atoms with van der Waals surface area (Å²) in [6.45, 7) is 6.51. The van der Waals surface area contributed by atoms with Gasteiger partial charge < -0.3 is 4.57 Å². The van der Waals surface area contributed by atoms with Crippen LogP contribution < -0.4 is 0 Å². The van der Waals surface area contributed by atoms with Crippen LogP contribution in [0.3, 0.4) is 0 Å². The lowest BCUT2D eigenvalue weighted by Crippen LogP contribution is -2.02. The molecule has 0 spiro atoms. The number of aromatic nitrogens is 3. The maximum atomic E-state index is 4.86. The van der Waals surface area contributed by atoms with Crippen molar-refractivity contribution in [3.63, 3.8) is 0 Å². The zero-order valence-electron chi connectivity index (χ0n) is 19.1. The first-order valence-corrected chi connectivity index (χ1v) is 11.3. The van der Waals surface area contributed by atoms with Crippen molar-refractivity contribution in [3.8, 4) is 22.8 Å². The van der Waals surface area contributed by atoms with E-state index in [0.717, 1.165) is 17.1 Å². The fourth-order valence-electron chi connectivity index (χ4n) is 5.30. The molecule has 0 aliphatic rings. The van der Waals surface area contributed by atoms with Gasteiger partial charge in [0.05, 0.1) is 16.7 Å². The Bertz CT molecular complexity index is 1610. The van der Waals surface area contributed by atoms with Crippen molar-refractivity contribution in [2.24, 2.45) is 0 Å². The van der Waals surface area contributed by atoms with Gasteiger partial charge in [0.15, 0.2) is 0 Å². The fraction of sp³-hybridized carbons (Fsp3) is 0.100. The predicted molar refractivity (Wildman–Crippen MR) is 138 cm³/mol. The summed E-state index contributed by atoms with van der Waals surface area (Å²) in [4.78, 5) is 4.86. The van der Waals surface area contributed by atoms with Crippen LogP contribution in [0.1, 0.15) is 16.7 Å². The van der Waals surface area contributed by atoms with Gasteiger partial charge in [-0.15, -0.1) is 0 Å². The third-order valence-corrected chi connectivity index (χ3v) is 6.47. The minimum atomic E-state index is 0.964. The summed E-state index contributed by atoms with van der Waals surface area (Å²) < 4.78 is 4.59. The van der Waals surface area contributed by atoms with Gasteiger partial charge in [0, 0.05) is 34.4 Å². The predicted octanol–water partition coefficient (Wildman–Crippen LogP) is 7.56. The largest absolute Gasteiger partial charge is 0.309 e. The molecule has 0 fully saturated rings. The smallest absolute Gasteiger partial charge is 0.145 e. The SMILES string of the molecule is Cc1cc(C)c(-n2ccnc2-c2cccc3c2c2ccccc2n3-c2ccccc2)c(C)c1. The quantitative estimate of drug-likeness (QED) is 0.286. The van der Waals surface area contributed by atoms with Gasteiger partial charge in [0.25, 0.3) is 0 Å². The number of fused-ring (bicyclic) bond motifs is 3. The zero-order valence-corrected chi connectivity index (χ0v) is 19.1. The summed E-state index contributed by atoms with van der Waals surface area (Å²) >= 11 is 0. The minimum Gasteiger partial charge on any atom is -0.309 e. The standard InChI is InChI=1S/C30H25N3/c1-20-18-21(2)29(22(3)19-20)32-17-16-31-30(32)25-13-9-15-27-28(25)24-12-7-8-14-26(24)33(27)23-10-5-4-6-11-23/h4-19H,1-3H3. The molecule has 160 valence electrons. The summed E-state index contributed by atoms with van der Waals surface area (Å²) in [5.74, 6) is 0.964. The van der Waals surface area contributed by atoms with Gasteiger partial charge in [0.1, 0.15) is 5.82 Å². The maximum Gasteiger partial charge on any atom is 0.145 e. The highest BCUT2D eigenvalue weighted by molar-refractivity contribution is 6.15. The number of nitrogens with zero attached hydrogens (tertiary/aromatic N) is 3. The van der Waals surface area contributed by atoms with Crippen LogP contribution >= 0.6 is 0 Å². The molecule has 33 heavy (non-hydrogen) atoms. The molecule has 0 saturated carbocycles. The average molecular weight is 428 g/mol. The van der Waals surface area contributed by atoms with Gasteiger partial charge in [-0.05, 0) is 56.2 Å². The van der Waals surface area contributed by atoms with E-state index < -0.39 is 0 Å². The van der Waals surface area contributed by atoms with Gasteiger partial charge in [-0.3, -0.25) is 4.57 Å². The van der Waals surface area contributed by atoms with E-state index in [4.69, 9.17) is 4.98 Å². The van der Waals surface area contributed by atoms with Crippen LogP contribution in [0.25, 0.3) is 44.6 Å². The Hall–Kier alpha value is -4.11. The Morgan fingerprint density at radius 3 is 2.18 bits per heavy atom. The molecule has 2 aromatic heterocycles. The summed E-state index contributed by atoms with van der Waals surface area (Å²) in [7, 11) is 0. The molecular weight excluding hydrogens is 402 g/mol. The number of imidazole rings is 1. The third kappa shape index (κ3) is 3.00. The molecule has 6 rings (SSSR count). The Morgan fingerprint density at radius 2 is 1.39 bits per heavy atom. The van der Waals surface area contributed by atoms with Crippen molar-refractivity contribution in [1.29, 1.82) is 0 Å². The second-order valence-electron chi connectivity index (χ2n) is 8.76. The van der Waals surface area contributed by atoms with Crippen molar-refractivity contribution in [1.82, 2.24) is 14.1 Å². The molecule has 2 heterocycles. The lowest BCUT2D eigenvalue weighted by atomic mass is 10.0. The molecule has 0 unspecified atom stereocenters. The molecular formula is C30H25N3. The molecule has 0 N–H and O–H groups in total. The maximum absolute atomic E-state index is 4.86. The summed E-state index contributed by atoms with van der Waals surface area (Å²) in [6, 6.07) is 30.3. The Morgan fingerprint density at radius 1 is 0.697 bits per heavy atom. The van der Waals surface area contributed by atoms with Crippen molar-refractivity contribution >= 4 is 21.8 Å². The summed E-state index contributed by atoms with van der Waals surface area (Å²) in [5.41, 5.74) is 9.69. The molecule has 4 aromatic carbocycles. The number of para-hydroxylation sites is 2. The Kier molecular flexibility index (Phi) is 4.44. The van der Waals surface area contributed by atoms with Gasteiger partial charge in [-0.2, -0.15) is 0 Å². The van der Waals surface area contributed by atoms with Crippen LogP contribution in [0.2, 0.25) is 0 Å². The fourth-order valence-corrected chi connectivity index (χ4v) is 5.30. The molecule has 0 amide bonds. The topological polar surface area (TPSA) is 22.8 Å². The highest BCUT2D eigenvalue weighted by atomic mass is 15.1. The van der Waals surface area contributed by atoms with Crippen LogP contribution in [-0.2, 0) is 0 Å². The molecule has 6 aromatic rings. The first-order valence-electron chi connectivity index (χ1n) is 11.3. The highest BCUT2D eigenvalue weighted by Crippen LogP contribution is 2.38. The van der Waals surface area contributed by atoms with E-state index in [1.54, 1.807) is 0 Å². The van der Waals surface area contributed by atoms with Crippen molar-refractivity contribution in [2.75, 3.05) is 0 Å². The van der Waals surface area contributed by atoms with Crippen LogP contribution in [0.4, 0.5) is 0 Å². The van der Waals surface area contributed by atoms with E-state index >= 15 is 0 Å². The van der Waals surface area contributed by atoms with Crippen molar-refractivity contribution in [3.05, 3.63) is 114 Å². The average Bonchev–Trinajstić information content (AvgIpc) is 3.42. The molecule has 3 nitrogen and oxygen atoms in total. The van der Waals surface area contributed by atoms with E-state index in [-0.39, 0.29) is 0 Å². The first-order chi connectivity index (χ1) is 16.1. The Labute approximate surface area is 193 Å². The molecule has 0 aliphatic heterocycles. The molecule has 0 aliphatic carbocycles. The van der Waals surface area contributed by atoms with Crippen LogP contribution in [0.5, 0.6) is 0 Å². The third-order valence-electron chi connectivity index (χ3n) is 6.47. The lowest BCUT2D eigenvalue weighted by Gasteiger charge is -2.16. The highest BCUT2D eigenvalue weighted by Gasteiger charge is 2.19. The molecule has 0 radical (unpaired) electrons. The van der Waals surface area contributed by atoms with E-state index in [0.29, 0.717) is 0 Å².